The second kappa shape index (κ2) is 6.85. The fraction of sp³-hybridized carbons (Fsp3) is 0.133. The smallest absolute Gasteiger partial charge is 0.251 e. The number of carbonyl (C=O) groups is 2. The van der Waals surface area contributed by atoms with Crippen LogP contribution in [0.1, 0.15) is 15.9 Å². The molecule has 21 heavy (non-hydrogen) atoms. The lowest BCUT2D eigenvalue weighted by Gasteiger charge is -2.15. The normalized spacial score (nSPS) is 11.7. The maximum Gasteiger partial charge on any atom is 0.251 e. The van der Waals surface area contributed by atoms with Crippen LogP contribution < -0.4 is 11.1 Å². The minimum Gasteiger partial charge on any atom is -0.368 e. The van der Waals surface area contributed by atoms with Gasteiger partial charge >= 0.3 is 0 Å². The molecule has 2 aromatic rings. The Morgan fingerprint density at radius 1 is 1.19 bits per heavy atom. The zero-order chi connectivity index (χ0) is 15.2. The highest BCUT2D eigenvalue weighted by Gasteiger charge is 2.19. The number of carbonyl (C=O) groups excluding carboxylic acids is 2. The third-order valence-corrected chi connectivity index (χ3v) is 3.14. The van der Waals surface area contributed by atoms with Crippen LogP contribution in [0.25, 0.3) is 0 Å². The molecule has 3 N–H and O–H groups in total. The number of nitrogens with two attached hydrogens (primary N) is 1. The van der Waals surface area contributed by atoms with Crippen LogP contribution in [0.2, 0.25) is 5.15 Å². The number of nitrogens with zero attached hydrogens (tertiary/aromatic N) is 1. The predicted octanol–water partition coefficient (Wildman–Crippen LogP) is 1.56. The number of hydrogen-bond donors (Lipinski definition) is 2. The van der Waals surface area contributed by atoms with Crippen molar-refractivity contribution in [3.8, 4) is 0 Å². The largest absolute Gasteiger partial charge is 0.368 e. The molecule has 0 aliphatic rings. The van der Waals surface area contributed by atoms with Crippen LogP contribution >= 0.6 is 11.6 Å². The highest BCUT2D eigenvalue weighted by molar-refractivity contribution is 6.29. The average molecular weight is 304 g/mol. The fourth-order valence-corrected chi connectivity index (χ4v) is 1.93. The van der Waals surface area contributed by atoms with Crippen LogP contribution in [0.3, 0.4) is 0 Å². The summed E-state index contributed by atoms with van der Waals surface area (Å²) in [6.07, 6.45) is 1.81. The molecule has 1 aromatic carbocycles. The summed E-state index contributed by atoms with van der Waals surface area (Å²) in [6.45, 7) is 0. The van der Waals surface area contributed by atoms with Crippen LogP contribution in [-0.2, 0) is 11.2 Å². The van der Waals surface area contributed by atoms with Gasteiger partial charge in [0.1, 0.15) is 11.2 Å². The lowest BCUT2D eigenvalue weighted by Crippen LogP contribution is -2.45. The maximum absolute atomic E-state index is 12.0. The van der Waals surface area contributed by atoms with E-state index >= 15 is 0 Å². The molecule has 0 bridgehead atoms. The van der Waals surface area contributed by atoms with Crippen LogP contribution in [0.4, 0.5) is 0 Å². The first-order valence-corrected chi connectivity index (χ1v) is 6.69. The van der Waals surface area contributed by atoms with Gasteiger partial charge in [0.2, 0.25) is 5.91 Å². The second-order valence-electron chi connectivity index (χ2n) is 4.49. The zero-order valence-electron chi connectivity index (χ0n) is 11.1. The lowest BCUT2D eigenvalue weighted by atomic mass is 10.1. The van der Waals surface area contributed by atoms with Crippen LogP contribution in [0, 0.1) is 0 Å². The first kappa shape index (κ1) is 15.0. The number of pyridine rings is 1. The molecule has 0 saturated carbocycles. The number of rotatable bonds is 5. The van der Waals surface area contributed by atoms with Crippen LogP contribution in [0.15, 0.2) is 48.7 Å². The van der Waals surface area contributed by atoms with E-state index in [2.05, 4.69) is 10.3 Å². The Bertz CT molecular complexity index is 629. The minimum absolute atomic E-state index is 0.262. The predicted molar refractivity (Wildman–Crippen MR) is 79.8 cm³/mol. The number of primary amides is 1. The van der Waals surface area contributed by atoms with Gasteiger partial charge in [-0.2, -0.15) is 0 Å². The van der Waals surface area contributed by atoms with Gasteiger partial charge in [0.15, 0.2) is 0 Å². The van der Waals surface area contributed by atoms with Gasteiger partial charge in [-0.05, 0) is 23.8 Å². The molecule has 0 fully saturated rings. The van der Waals surface area contributed by atoms with Gasteiger partial charge in [0.25, 0.3) is 5.91 Å². The van der Waals surface area contributed by atoms with Crippen molar-refractivity contribution in [2.45, 2.75) is 12.5 Å². The Labute approximate surface area is 127 Å². The van der Waals surface area contributed by atoms with E-state index in [-0.39, 0.29) is 12.3 Å². The monoisotopic (exact) mass is 303 g/mol. The molecule has 108 valence electrons. The van der Waals surface area contributed by atoms with E-state index in [9.17, 15) is 9.59 Å². The summed E-state index contributed by atoms with van der Waals surface area (Å²) in [5.74, 6) is -0.949. The molecule has 6 heteroatoms. The summed E-state index contributed by atoms with van der Waals surface area (Å²) in [5.41, 5.74) is 6.57. The standard InChI is InChI=1S/C15H14ClN3O2/c16-13-7-6-10(9-18-13)8-12(14(17)20)19-15(21)11-4-2-1-3-5-11/h1-7,9,12H,8H2,(H2,17,20)(H,19,21)/t12-/m0/s1. The summed E-state index contributed by atoms with van der Waals surface area (Å²) in [4.78, 5) is 27.5. The zero-order valence-corrected chi connectivity index (χ0v) is 11.9. The molecule has 0 spiro atoms. The van der Waals surface area contributed by atoms with Crippen molar-refractivity contribution >= 4 is 23.4 Å². The van der Waals surface area contributed by atoms with Gasteiger partial charge < -0.3 is 11.1 Å². The van der Waals surface area contributed by atoms with E-state index in [4.69, 9.17) is 17.3 Å². The fourth-order valence-electron chi connectivity index (χ4n) is 1.82. The van der Waals surface area contributed by atoms with Crippen LogP contribution in [0.5, 0.6) is 0 Å². The summed E-state index contributed by atoms with van der Waals surface area (Å²) in [7, 11) is 0. The molecule has 1 aromatic heterocycles. The first-order valence-electron chi connectivity index (χ1n) is 6.32. The quantitative estimate of drug-likeness (QED) is 0.822. The van der Waals surface area contributed by atoms with Gasteiger partial charge in [-0.25, -0.2) is 4.98 Å². The topological polar surface area (TPSA) is 85.1 Å². The molecular formula is C15H14ClN3O2. The van der Waals surface area contributed by atoms with Crippen molar-refractivity contribution in [1.29, 1.82) is 0 Å². The number of halogens is 1. The van der Waals surface area contributed by atoms with E-state index in [1.54, 1.807) is 42.6 Å². The Morgan fingerprint density at radius 2 is 1.90 bits per heavy atom. The third kappa shape index (κ3) is 4.29. The van der Waals surface area contributed by atoms with Crippen molar-refractivity contribution in [2.75, 3.05) is 0 Å². The van der Waals surface area contributed by atoms with Gasteiger partial charge in [0, 0.05) is 18.2 Å². The molecule has 2 rings (SSSR count). The van der Waals surface area contributed by atoms with E-state index < -0.39 is 11.9 Å². The van der Waals surface area contributed by atoms with Crippen molar-refractivity contribution in [1.82, 2.24) is 10.3 Å². The van der Waals surface area contributed by atoms with E-state index in [1.165, 1.54) is 0 Å². The Hall–Kier alpha value is -2.40. The van der Waals surface area contributed by atoms with Gasteiger partial charge in [0.05, 0.1) is 0 Å². The molecule has 0 unspecified atom stereocenters. The van der Waals surface area contributed by atoms with Crippen molar-refractivity contribution in [2.24, 2.45) is 5.73 Å². The molecule has 0 radical (unpaired) electrons. The molecule has 1 heterocycles. The van der Waals surface area contributed by atoms with Gasteiger partial charge in [-0.1, -0.05) is 35.9 Å². The number of hydrogen-bond acceptors (Lipinski definition) is 3. The van der Waals surface area contributed by atoms with Crippen molar-refractivity contribution in [3.05, 3.63) is 64.9 Å². The average Bonchev–Trinajstić information content (AvgIpc) is 2.49. The summed E-state index contributed by atoms with van der Waals surface area (Å²) < 4.78 is 0. The maximum atomic E-state index is 12.0. The van der Waals surface area contributed by atoms with Crippen molar-refractivity contribution < 1.29 is 9.59 Å². The van der Waals surface area contributed by atoms with Crippen molar-refractivity contribution in [3.63, 3.8) is 0 Å². The number of benzene rings is 1. The Kier molecular flexibility index (Phi) is 4.90. The van der Waals surface area contributed by atoms with E-state index in [0.29, 0.717) is 10.7 Å². The first-order chi connectivity index (χ1) is 10.1. The number of nitrogens with one attached hydrogen (secondary N) is 1. The number of aromatic nitrogens is 1. The highest BCUT2D eigenvalue weighted by atomic mass is 35.5. The third-order valence-electron chi connectivity index (χ3n) is 2.91. The SMILES string of the molecule is NC(=O)[C@H](Cc1ccc(Cl)nc1)NC(=O)c1ccccc1. The molecular weight excluding hydrogens is 290 g/mol. The summed E-state index contributed by atoms with van der Waals surface area (Å²) in [6, 6.07) is 11.2. The molecule has 0 aliphatic carbocycles. The Balaban J connectivity index is 2.07. The molecule has 2 amide bonds. The second-order valence-corrected chi connectivity index (χ2v) is 4.87. The minimum atomic E-state index is -0.805. The number of amides is 2. The van der Waals surface area contributed by atoms with Gasteiger partial charge in [-0.15, -0.1) is 0 Å². The summed E-state index contributed by atoms with van der Waals surface area (Å²) in [5, 5.41) is 2.99. The van der Waals surface area contributed by atoms with Crippen LogP contribution in [-0.4, -0.2) is 22.8 Å². The molecule has 5 nitrogen and oxygen atoms in total. The molecule has 0 saturated heterocycles. The van der Waals surface area contributed by atoms with Gasteiger partial charge in [-0.3, -0.25) is 9.59 Å². The Morgan fingerprint density at radius 3 is 2.48 bits per heavy atom. The lowest BCUT2D eigenvalue weighted by molar-refractivity contribution is -0.119. The highest BCUT2D eigenvalue weighted by Crippen LogP contribution is 2.08. The van der Waals surface area contributed by atoms with E-state index in [1.807, 2.05) is 6.07 Å². The molecule has 0 aliphatic heterocycles. The van der Waals surface area contributed by atoms with E-state index in [0.717, 1.165) is 5.56 Å². The molecule has 1 atom stereocenters. The summed E-state index contributed by atoms with van der Waals surface area (Å²) >= 11 is 5.70.